The summed E-state index contributed by atoms with van der Waals surface area (Å²) < 4.78 is 1.12. The average Bonchev–Trinajstić information content (AvgIpc) is 2.71. The normalized spacial score (nSPS) is 17.5. The molecule has 1 aliphatic rings. The Morgan fingerprint density at radius 1 is 1.21 bits per heavy atom. The predicted octanol–water partition coefficient (Wildman–Crippen LogP) is 2.79. The van der Waals surface area contributed by atoms with E-state index < -0.39 is 0 Å². The molecule has 1 saturated heterocycles. The topological polar surface area (TPSA) is 28.2 Å². The number of pyridine rings is 1. The maximum atomic E-state index is 4.56. The molecule has 3 rings (SSSR count). The van der Waals surface area contributed by atoms with Gasteiger partial charge in [0, 0.05) is 35.7 Å². The second kappa shape index (κ2) is 5.99. The molecule has 0 unspecified atom stereocenters. The van der Waals surface area contributed by atoms with Crippen LogP contribution in [0.3, 0.4) is 0 Å². The van der Waals surface area contributed by atoms with E-state index in [2.05, 4.69) is 49.3 Å². The Hall–Kier alpha value is -0.970. The van der Waals surface area contributed by atoms with Crippen molar-refractivity contribution in [2.75, 3.05) is 26.2 Å². The van der Waals surface area contributed by atoms with E-state index in [-0.39, 0.29) is 0 Å². The van der Waals surface area contributed by atoms with Gasteiger partial charge in [0.25, 0.3) is 0 Å². The first-order valence-corrected chi connectivity index (χ1v) is 7.59. The number of fused-ring (bicyclic) bond motifs is 1. The van der Waals surface area contributed by atoms with Crippen molar-refractivity contribution in [3.8, 4) is 0 Å². The highest BCUT2D eigenvalue weighted by atomic mass is 79.9. The number of rotatable bonds is 2. The van der Waals surface area contributed by atoms with Gasteiger partial charge < -0.3 is 5.32 Å². The Balaban J connectivity index is 1.90. The average molecular weight is 320 g/mol. The highest BCUT2D eigenvalue weighted by Gasteiger charge is 2.12. The fourth-order valence-corrected chi connectivity index (χ4v) is 3.08. The van der Waals surface area contributed by atoms with Gasteiger partial charge in [-0.15, -0.1) is 0 Å². The smallest absolute Gasteiger partial charge is 0.0758 e. The van der Waals surface area contributed by atoms with Crippen LogP contribution in [-0.2, 0) is 6.54 Å². The van der Waals surface area contributed by atoms with E-state index in [0.29, 0.717) is 0 Å². The third kappa shape index (κ3) is 2.96. The molecule has 0 atom stereocenters. The van der Waals surface area contributed by atoms with Crippen molar-refractivity contribution in [1.82, 2.24) is 15.2 Å². The molecule has 0 radical (unpaired) electrons. The summed E-state index contributed by atoms with van der Waals surface area (Å²) >= 11 is 3.61. The molecule has 0 spiro atoms. The van der Waals surface area contributed by atoms with Crippen molar-refractivity contribution in [1.29, 1.82) is 0 Å². The summed E-state index contributed by atoms with van der Waals surface area (Å²) in [7, 11) is 0. The zero-order chi connectivity index (χ0) is 13.1. The van der Waals surface area contributed by atoms with Crippen molar-refractivity contribution >= 4 is 26.8 Å². The Morgan fingerprint density at radius 3 is 3.11 bits per heavy atom. The molecule has 1 aromatic heterocycles. The quantitative estimate of drug-likeness (QED) is 0.922. The summed E-state index contributed by atoms with van der Waals surface area (Å²) in [6.07, 6.45) is 3.10. The van der Waals surface area contributed by atoms with Gasteiger partial charge in [-0.2, -0.15) is 0 Å². The van der Waals surface area contributed by atoms with Crippen LogP contribution >= 0.6 is 15.9 Å². The zero-order valence-corrected chi connectivity index (χ0v) is 12.5. The summed E-state index contributed by atoms with van der Waals surface area (Å²) in [4.78, 5) is 7.07. The van der Waals surface area contributed by atoms with Gasteiger partial charge in [0.15, 0.2) is 0 Å². The number of nitrogens with zero attached hydrogens (tertiary/aromatic N) is 2. The highest BCUT2D eigenvalue weighted by Crippen LogP contribution is 2.26. The standard InChI is InChI=1S/C15H18BrN3/c16-14-5-4-12(15-13(14)3-1-7-18-15)11-19-9-2-6-17-8-10-19/h1,3-5,7,17H,2,6,8-11H2. The number of hydrogen-bond acceptors (Lipinski definition) is 3. The fraction of sp³-hybridized carbons (Fsp3) is 0.400. The Morgan fingerprint density at radius 2 is 2.16 bits per heavy atom. The monoisotopic (exact) mass is 319 g/mol. The van der Waals surface area contributed by atoms with E-state index in [1.54, 1.807) is 0 Å². The molecule has 1 fully saturated rings. The van der Waals surface area contributed by atoms with Crippen LogP contribution in [0.5, 0.6) is 0 Å². The first-order chi connectivity index (χ1) is 9.34. The maximum absolute atomic E-state index is 4.56. The lowest BCUT2D eigenvalue weighted by Crippen LogP contribution is -2.27. The third-order valence-corrected chi connectivity index (χ3v) is 4.32. The summed E-state index contributed by atoms with van der Waals surface area (Å²) in [6, 6.07) is 8.44. The second-order valence-electron chi connectivity index (χ2n) is 4.99. The van der Waals surface area contributed by atoms with E-state index in [1.807, 2.05) is 12.3 Å². The summed E-state index contributed by atoms with van der Waals surface area (Å²) in [5, 5.41) is 4.65. The Bertz CT molecular complexity index is 562. The minimum Gasteiger partial charge on any atom is -0.315 e. The number of halogens is 1. The van der Waals surface area contributed by atoms with Crippen molar-refractivity contribution in [2.45, 2.75) is 13.0 Å². The molecule has 0 bridgehead atoms. The maximum Gasteiger partial charge on any atom is 0.0758 e. The van der Waals surface area contributed by atoms with E-state index in [4.69, 9.17) is 0 Å². The van der Waals surface area contributed by atoms with Crippen molar-refractivity contribution in [3.63, 3.8) is 0 Å². The van der Waals surface area contributed by atoms with E-state index in [9.17, 15) is 0 Å². The Kier molecular flexibility index (Phi) is 4.11. The molecule has 4 heteroatoms. The van der Waals surface area contributed by atoms with Crippen molar-refractivity contribution in [3.05, 3.63) is 40.5 Å². The lowest BCUT2D eigenvalue weighted by atomic mass is 10.1. The van der Waals surface area contributed by atoms with Crippen LogP contribution < -0.4 is 5.32 Å². The molecule has 1 aromatic carbocycles. The highest BCUT2D eigenvalue weighted by molar-refractivity contribution is 9.10. The van der Waals surface area contributed by atoms with Crippen molar-refractivity contribution < 1.29 is 0 Å². The van der Waals surface area contributed by atoms with Crippen LogP contribution in [0.15, 0.2) is 34.9 Å². The SMILES string of the molecule is Brc1ccc(CN2CCCNCC2)c2ncccc12. The van der Waals surface area contributed by atoms with Gasteiger partial charge in [0.2, 0.25) is 0 Å². The van der Waals surface area contributed by atoms with Crippen LogP contribution in [0.2, 0.25) is 0 Å². The minimum absolute atomic E-state index is 0.989. The lowest BCUT2D eigenvalue weighted by molar-refractivity contribution is 0.285. The van der Waals surface area contributed by atoms with Crippen LogP contribution in [0.25, 0.3) is 10.9 Å². The molecule has 1 aliphatic heterocycles. The third-order valence-electron chi connectivity index (χ3n) is 3.63. The number of hydrogen-bond donors (Lipinski definition) is 1. The van der Waals surface area contributed by atoms with Gasteiger partial charge in [0.05, 0.1) is 5.52 Å². The second-order valence-corrected chi connectivity index (χ2v) is 5.84. The van der Waals surface area contributed by atoms with Gasteiger partial charge in [-0.25, -0.2) is 0 Å². The van der Waals surface area contributed by atoms with Crippen LogP contribution in [0.1, 0.15) is 12.0 Å². The fourth-order valence-electron chi connectivity index (χ4n) is 2.62. The van der Waals surface area contributed by atoms with Crippen LogP contribution in [0, 0.1) is 0 Å². The summed E-state index contributed by atoms with van der Waals surface area (Å²) in [5.41, 5.74) is 2.44. The van der Waals surface area contributed by atoms with Gasteiger partial charge in [-0.3, -0.25) is 9.88 Å². The molecule has 2 heterocycles. The molecular formula is C15H18BrN3. The van der Waals surface area contributed by atoms with E-state index in [0.717, 1.165) is 42.7 Å². The van der Waals surface area contributed by atoms with Gasteiger partial charge in [0.1, 0.15) is 0 Å². The van der Waals surface area contributed by atoms with E-state index in [1.165, 1.54) is 17.4 Å². The molecule has 1 N–H and O–H groups in total. The zero-order valence-electron chi connectivity index (χ0n) is 10.9. The predicted molar refractivity (Wildman–Crippen MR) is 82.2 cm³/mol. The van der Waals surface area contributed by atoms with Gasteiger partial charge in [-0.1, -0.05) is 28.1 Å². The number of nitrogens with one attached hydrogen (secondary N) is 1. The molecule has 0 saturated carbocycles. The molecule has 3 nitrogen and oxygen atoms in total. The lowest BCUT2D eigenvalue weighted by Gasteiger charge is -2.20. The first-order valence-electron chi connectivity index (χ1n) is 6.80. The number of benzene rings is 1. The van der Waals surface area contributed by atoms with Gasteiger partial charge in [-0.05, 0) is 37.2 Å². The molecular weight excluding hydrogens is 302 g/mol. The van der Waals surface area contributed by atoms with Crippen molar-refractivity contribution in [2.24, 2.45) is 0 Å². The minimum atomic E-state index is 0.989. The summed E-state index contributed by atoms with van der Waals surface area (Å²) in [5.74, 6) is 0. The van der Waals surface area contributed by atoms with Crippen LogP contribution in [0.4, 0.5) is 0 Å². The first kappa shape index (κ1) is 13.0. The van der Waals surface area contributed by atoms with Gasteiger partial charge >= 0.3 is 0 Å². The Labute approximate surface area is 122 Å². The largest absolute Gasteiger partial charge is 0.315 e. The molecule has 100 valence electrons. The molecule has 0 aliphatic carbocycles. The molecule has 19 heavy (non-hydrogen) atoms. The molecule has 2 aromatic rings. The summed E-state index contributed by atoms with van der Waals surface area (Å²) in [6.45, 7) is 5.49. The number of aromatic nitrogens is 1. The molecule has 0 amide bonds. The van der Waals surface area contributed by atoms with Crippen LogP contribution in [-0.4, -0.2) is 36.1 Å². The van der Waals surface area contributed by atoms with E-state index >= 15 is 0 Å².